The lowest BCUT2D eigenvalue weighted by Crippen LogP contribution is -2.16. The molecule has 0 saturated carbocycles. The Morgan fingerprint density at radius 1 is 0.230 bits per heavy atom. The molecule has 0 spiro atoms. The molecule has 0 saturated heterocycles. The third-order valence-electron chi connectivity index (χ3n) is 21.3. The first kappa shape index (κ1) is 95.5. The van der Waals surface area contributed by atoms with Crippen LogP contribution in [-0.4, -0.2) is 55.2 Å². The molecular weight excluding hydrogens is 1710 g/mol. The summed E-state index contributed by atoms with van der Waals surface area (Å²) in [5, 5.41) is 0. The predicted molar refractivity (Wildman–Crippen MR) is 504 cm³/mol. The molecule has 0 aliphatic carbocycles. The number of para-hydroxylation sites is 4. The summed E-state index contributed by atoms with van der Waals surface area (Å²) < 4.78 is 113. The molecular formula is C100H108O20P4S2. The van der Waals surface area contributed by atoms with Gasteiger partial charge in [0.15, 0.2) is 46.0 Å². The van der Waals surface area contributed by atoms with Crippen molar-refractivity contribution in [3.8, 4) is 103 Å². The molecule has 660 valence electrons. The molecule has 0 radical (unpaired) electrons. The average Bonchev–Trinajstić information content (AvgIpc) is 0.792. The minimum absolute atomic E-state index is 0.0770. The van der Waals surface area contributed by atoms with E-state index in [4.69, 9.17) is 82.7 Å². The Balaban J connectivity index is 0.000000252. The van der Waals surface area contributed by atoms with Crippen molar-refractivity contribution in [2.45, 2.75) is 150 Å². The Bertz CT molecular complexity index is 5190. The van der Waals surface area contributed by atoms with Gasteiger partial charge in [0.05, 0.1) is 62.2 Å². The number of benzene rings is 12. The van der Waals surface area contributed by atoms with E-state index in [0.29, 0.717) is 114 Å². The highest BCUT2D eigenvalue weighted by Gasteiger charge is 2.34. The zero-order valence-electron chi connectivity index (χ0n) is 74.2. The van der Waals surface area contributed by atoms with Crippen molar-refractivity contribution < 1.29 is 92.3 Å². The number of carbonyl (C=O) groups excluding carboxylic acids is 2. The first-order valence-corrected chi connectivity index (χ1v) is 47.0. The molecule has 0 fully saturated rings. The van der Waals surface area contributed by atoms with E-state index in [9.17, 15) is 9.59 Å². The highest BCUT2D eigenvalue weighted by atomic mass is 32.2. The van der Waals surface area contributed by atoms with Crippen molar-refractivity contribution in [1.29, 1.82) is 0 Å². The van der Waals surface area contributed by atoms with Crippen molar-refractivity contribution >= 4 is 70.5 Å². The summed E-state index contributed by atoms with van der Waals surface area (Å²) in [4.78, 5) is 26.7. The lowest BCUT2D eigenvalue weighted by atomic mass is 9.82. The molecule has 0 aromatic heterocycles. The maximum Gasteiger partial charge on any atom is 0.530 e. The van der Waals surface area contributed by atoms with Gasteiger partial charge in [-0.05, 0) is 227 Å². The quantitative estimate of drug-likeness (QED) is 0.0257. The Kier molecular flexibility index (Phi) is 34.3. The number of hydrogen-bond donors (Lipinski definition) is 0. The number of aldehydes is 2. The largest absolute Gasteiger partial charge is 0.530 e. The minimum Gasteiger partial charge on any atom is -0.497 e. The van der Waals surface area contributed by atoms with Crippen LogP contribution in [0, 0.1) is 0 Å². The number of carbonyl (C=O) groups is 2. The predicted octanol–water partition coefficient (Wildman–Crippen LogP) is 29.2. The van der Waals surface area contributed by atoms with Crippen LogP contribution in [0.25, 0.3) is 0 Å². The molecule has 20 nitrogen and oxygen atoms in total. The Morgan fingerprint density at radius 3 is 0.667 bits per heavy atom. The van der Waals surface area contributed by atoms with E-state index in [1.165, 1.54) is 51.3 Å². The van der Waals surface area contributed by atoms with Gasteiger partial charge < -0.3 is 82.7 Å². The van der Waals surface area contributed by atoms with Gasteiger partial charge in [0.25, 0.3) is 0 Å². The van der Waals surface area contributed by atoms with Crippen molar-refractivity contribution in [3.63, 3.8) is 0 Å². The van der Waals surface area contributed by atoms with Gasteiger partial charge in [-0.2, -0.15) is 0 Å². The molecule has 0 aliphatic heterocycles. The van der Waals surface area contributed by atoms with E-state index in [1.807, 2.05) is 158 Å². The van der Waals surface area contributed by atoms with Crippen molar-refractivity contribution in [2.24, 2.45) is 0 Å². The summed E-state index contributed by atoms with van der Waals surface area (Å²) >= 11 is 3.00. The minimum atomic E-state index is -2.38. The van der Waals surface area contributed by atoms with E-state index in [1.54, 1.807) is 98.8 Å². The van der Waals surface area contributed by atoms with Crippen molar-refractivity contribution in [2.75, 3.05) is 42.7 Å². The fourth-order valence-electron chi connectivity index (χ4n) is 11.9. The molecule has 12 aromatic carbocycles. The summed E-state index contributed by atoms with van der Waals surface area (Å²) in [5.74, 6) is 8.42. The van der Waals surface area contributed by atoms with Gasteiger partial charge >= 0.3 is 34.4 Å². The highest BCUT2D eigenvalue weighted by Crippen LogP contribution is 2.57. The topological polar surface area (TPSA) is 200 Å². The van der Waals surface area contributed by atoms with Gasteiger partial charge in [-0.15, -0.1) is 0 Å². The zero-order chi connectivity index (χ0) is 90.0. The number of hydrogen-bond acceptors (Lipinski definition) is 22. The van der Waals surface area contributed by atoms with Crippen LogP contribution < -0.4 is 82.7 Å². The average molecular weight is 1820 g/mol. The monoisotopic (exact) mass is 1820 g/mol. The maximum atomic E-state index is 11.7. The number of ether oxygens (including phenoxy) is 6. The second kappa shape index (κ2) is 45.3. The van der Waals surface area contributed by atoms with Crippen molar-refractivity contribution in [1.82, 2.24) is 0 Å². The van der Waals surface area contributed by atoms with E-state index < -0.39 is 34.4 Å². The van der Waals surface area contributed by atoms with Gasteiger partial charge in [-0.1, -0.05) is 204 Å². The molecule has 0 amide bonds. The second-order valence-corrected chi connectivity index (χ2v) is 37.3. The van der Waals surface area contributed by atoms with Crippen LogP contribution in [0.4, 0.5) is 0 Å². The molecule has 0 heterocycles. The summed E-state index contributed by atoms with van der Waals surface area (Å²) in [6, 6.07) is 83.1. The Labute approximate surface area is 754 Å². The molecule has 12 rings (SSSR count). The van der Waals surface area contributed by atoms with Gasteiger partial charge in [-0.3, -0.25) is 9.59 Å². The summed E-state index contributed by atoms with van der Waals surface area (Å²) in [7, 11) is 0.663. The Hall–Kier alpha value is -11.2. The number of rotatable bonds is 44. The van der Waals surface area contributed by atoms with Crippen LogP contribution in [0.5, 0.6) is 103 Å². The molecule has 126 heavy (non-hydrogen) atoms. The summed E-state index contributed by atoms with van der Waals surface area (Å²) in [6.45, 7) is 26.5. The molecule has 0 atom stereocenters. The molecule has 0 bridgehead atoms. The Morgan fingerprint density at radius 2 is 0.444 bits per heavy atom. The van der Waals surface area contributed by atoms with Crippen LogP contribution in [-0.2, 0) is 21.7 Å². The van der Waals surface area contributed by atoms with Gasteiger partial charge in [0, 0.05) is 23.3 Å². The van der Waals surface area contributed by atoms with E-state index in [2.05, 4.69) is 119 Å². The zero-order valence-corrected chi connectivity index (χ0v) is 79.4. The van der Waals surface area contributed by atoms with Gasteiger partial charge in [0.2, 0.25) is 0 Å². The maximum absolute atomic E-state index is 11.7. The standard InChI is InChI=1S/C54H60O14P2S.C46H48O6P2S/c1-13-53(3,4)37-17-23-45(67-69(63-41-21-15-35(33-55)27-47(41)59-9)64-42-22-16-36(34-56)28-48(42)60-10)51(29-37)71-52-30-38(54(5,6)14-2)18-24-46(52)68-70(65-43-25-19-39(57-7)31-49(43)61-11)66-44-26-20-40(58-8)32-50(44)62-12;1-7-45(3,4)35-29-31-41(51-53(47-37-21-13-9-14-22-37)48-38-23-15-10-16-24-38)43(33-35)55-44-34-36(46(5,6)8-2)30-32-42(44)52-54(49-39-25-17-11-18-26-39)50-40-27-19-12-20-28-40/h15-34H,13-14H2,1-12H3;9-34H,7-8H2,1-6H3. The van der Waals surface area contributed by atoms with Gasteiger partial charge in [-0.25, -0.2) is 0 Å². The lowest BCUT2D eigenvalue weighted by molar-refractivity contribution is 0.111. The van der Waals surface area contributed by atoms with Crippen LogP contribution in [0.3, 0.4) is 0 Å². The van der Waals surface area contributed by atoms with E-state index in [-0.39, 0.29) is 44.7 Å². The molecule has 0 N–H and O–H groups in total. The normalized spacial score (nSPS) is 11.5. The smallest absolute Gasteiger partial charge is 0.497 e. The van der Waals surface area contributed by atoms with Crippen LogP contribution in [0.2, 0.25) is 0 Å². The first-order valence-electron chi connectivity index (χ1n) is 41.0. The summed E-state index contributed by atoms with van der Waals surface area (Å²) in [6.07, 6.45) is 5.06. The third kappa shape index (κ3) is 26.0. The molecule has 26 heteroatoms. The third-order valence-corrected chi connectivity index (χ3v) is 27.7. The summed E-state index contributed by atoms with van der Waals surface area (Å²) in [5.41, 5.74) is 4.66. The van der Waals surface area contributed by atoms with E-state index >= 15 is 0 Å². The van der Waals surface area contributed by atoms with Crippen molar-refractivity contribution in [3.05, 3.63) is 300 Å². The van der Waals surface area contributed by atoms with Crippen LogP contribution in [0.15, 0.2) is 287 Å². The van der Waals surface area contributed by atoms with Crippen LogP contribution in [0.1, 0.15) is 152 Å². The molecule has 0 unspecified atom stereocenters. The highest BCUT2D eigenvalue weighted by molar-refractivity contribution is 7.99. The molecule has 12 aromatic rings. The van der Waals surface area contributed by atoms with Gasteiger partial charge in [0.1, 0.15) is 70.1 Å². The van der Waals surface area contributed by atoms with Crippen LogP contribution >= 0.6 is 57.9 Å². The molecule has 0 aliphatic rings. The number of methoxy groups -OCH3 is 6. The fourth-order valence-corrected chi connectivity index (χ4v) is 18.3. The first-order chi connectivity index (χ1) is 60.7. The lowest BCUT2D eigenvalue weighted by Gasteiger charge is -2.27. The second-order valence-electron chi connectivity index (χ2n) is 31.1. The van der Waals surface area contributed by atoms with E-state index in [0.717, 1.165) is 46.6 Å². The fraction of sp³-hybridized carbons (Fsp3) is 0.260. The SMILES string of the molecule is CCC(C)(C)c1ccc(OP(Oc2ccc(C=O)cc2OC)Oc2ccc(C=O)cc2OC)c(Sc2cc(C(C)(C)CC)ccc2OP(Oc2ccc(OC)cc2OC)Oc2ccc(OC)cc2OC)c1.CCC(C)(C)c1ccc(OP(Oc2ccccc2)Oc2ccccc2)c(Sc2cc(C(C)(C)CC)ccc2OP(Oc2ccccc2)Oc2ccccc2)c1.